The average molecular weight is 381 g/mol. The largest absolute Gasteiger partial charge is 0.337 e. The van der Waals surface area contributed by atoms with E-state index in [2.05, 4.69) is 30.1 Å². The van der Waals surface area contributed by atoms with Gasteiger partial charge in [-0.15, -0.1) is 0 Å². The fraction of sp³-hybridized carbons (Fsp3) is 0.550. The van der Waals surface area contributed by atoms with E-state index in [0.29, 0.717) is 11.5 Å². The van der Waals surface area contributed by atoms with Gasteiger partial charge in [0.05, 0.1) is 11.3 Å². The molecule has 0 bridgehead atoms. The second kappa shape index (κ2) is 7.43. The topological polar surface area (TPSA) is 87.1 Å². The fourth-order valence-corrected chi connectivity index (χ4v) is 3.52. The molecule has 0 aliphatic carbocycles. The van der Waals surface area contributed by atoms with Crippen molar-refractivity contribution in [3.63, 3.8) is 0 Å². The Morgan fingerprint density at radius 2 is 1.57 bits per heavy atom. The van der Waals surface area contributed by atoms with E-state index < -0.39 is 5.41 Å². The fourth-order valence-electron chi connectivity index (χ4n) is 3.52. The molecule has 2 aliphatic rings. The first-order valence-electron chi connectivity index (χ1n) is 9.84. The Morgan fingerprint density at radius 3 is 2.21 bits per heavy atom. The Hall–Kier alpha value is -2.61. The summed E-state index contributed by atoms with van der Waals surface area (Å²) in [6, 6.07) is 0. The van der Waals surface area contributed by atoms with Crippen LogP contribution in [-0.2, 0) is 13.0 Å². The van der Waals surface area contributed by atoms with E-state index in [1.807, 2.05) is 27.0 Å². The lowest BCUT2D eigenvalue weighted by Crippen LogP contribution is -2.47. The molecule has 2 aromatic rings. The molecule has 2 aromatic heterocycles. The Balaban J connectivity index is 1.40. The molecule has 28 heavy (non-hydrogen) atoms. The minimum Gasteiger partial charge on any atom is -0.337 e. The van der Waals surface area contributed by atoms with Crippen molar-refractivity contribution < 1.29 is 4.79 Å². The Bertz CT molecular complexity index is 852. The summed E-state index contributed by atoms with van der Waals surface area (Å²) in [4.78, 5) is 34.9. The van der Waals surface area contributed by atoms with Gasteiger partial charge in [0.15, 0.2) is 5.78 Å². The summed E-state index contributed by atoms with van der Waals surface area (Å²) in [6.07, 6.45) is 6.19. The van der Waals surface area contributed by atoms with Crippen molar-refractivity contribution >= 4 is 17.7 Å². The minimum atomic E-state index is -0.429. The summed E-state index contributed by atoms with van der Waals surface area (Å²) >= 11 is 0. The number of hydrogen-bond acceptors (Lipinski definition) is 8. The van der Waals surface area contributed by atoms with E-state index in [4.69, 9.17) is 4.98 Å². The van der Waals surface area contributed by atoms with Gasteiger partial charge in [-0.2, -0.15) is 0 Å². The molecule has 8 heteroatoms. The number of carbonyl (C=O) groups is 1. The molecule has 148 valence electrons. The summed E-state index contributed by atoms with van der Waals surface area (Å²) in [6.45, 7) is 10.8. The molecule has 8 nitrogen and oxygen atoms in total. The number of nitrogens with zero attached hydrogens (tertiary/aromatic N) is 6. The predicted octanol–water partition coefficient (Wildman–Crippen LogP) is 1.47. The molecule has 2 aliphatic heterocycles. The molecule has 0 radical (unpaired) electrons. The van der Waals surface area contributed by atoms with Gasteiger partial charge in [0.1, 0.15) is 0 Å². The first kappa shape index (κ1) is 18.7. The number of aromatic nitrogens is 4. The Kier molecular flexibility index (Phi) is 4.97. The SMILES string of the molecule is CC(C)(C)C(=O)c1cnc(N2CCN(c3ncc4c(n3)CCNC4)CC2)nc1. The number of rotatable bonds is 3. The van der Waals surface area contributed by atoms with Crippen LogP contribution in [0.15, 0.2) is 18.6 Å². The standard InChI is InChI=1S/C20H27N7O/c1-20(2,3)17(28)15-12-22-18(23-13-15)26-6-8-27(9-7-26)19-24-11-14-10-21-5-4-16(14)25-19/h11-13,21H,4-10H2,1-3H3. The second-order valence-corrected chi connectivity index (χ2v) is 8.39. The number of carbonyl (C=O) groups excluding carboxylic acids is 1. The van der Waals surface area contributed by atoms with Gasteiger partial charge in [0, 0.05) is 75.3 Å². The van der Waals surface area contributed by atoms with Gasteiger partial charge in [0.25, 0.3) is 0 Å². The van der Waals surface area contributed by atoms with E-state index in [0.717, 1.165) is 57.3 Å². The van der Waals surface area contributed by atoms with Gasteiger partial charge in [-0.25, -0.2) is 19.9 Å². The van der Waals surface area contributed by atoms with Crippen LogP contribution < -0.4 is 15.1 Å². The maximum Gasteiger partial charge on any atom is 0.225 e. The number of fused-ring (bicyclic) bond motifs is 1. The van der Waals surface area contributed by atoms with Crippen LogP contribution >= 0.6 is 0 Å². The first-order chi connectivity index (χ1) is 13.4. The van der Waals surface area contributed by atoms with Crippen molar-refractivity contribution in [3.8, 4) is 0 Å². The normalized spacial score (nSPS) is 17.4. The Labute approximate surface area is 165 Å². The summed E-state index contributed by atoms with van der Waals surface area (Å²) in [5, 5.41) is 3.35. The van der Waals surface area contributed by atoms with E-state index in [1.54, 1.807) is 12.4 Å². The molecular formula is C20H27N7O. The molecule has 1 fully saturated rings. The first-order valence-corrected chi connectivity index (χ1v) is 9.84. The van der Waals surface area contributed by atoms with E-state index in [9.17, 15) is 4.79 Å². The third kappa shape index (κ3) is 3.82. The van der Waals surface area contributed by atoms with Gasteiger partial charge in [-0.3, -0.25) is 4.79 Å². The molecule has 0 saturated carbocycles. The zero-order chi connectivity index (χ0) is 19.7. The van der Waals surface area contributed by atoms with Gasteiger partial charge < -0.3 is 15.1 Å². The lowest BCUT2D eigenvalue weighted by Gasteiger charge is -2.35. The smallest absolute Gasteiger partial charge is 0.225 e. The van der Waals surface area contributed by atoms with Gasteiger partial charge in [-0.05, 0) is 0 Å². The van der Waals surface area contributed by atoms with Crippen LogP contribution in [-0.4, -0.2) is 58.4 Å². The third-order valence-corrected chi connectivity index (χ3v) is 5.22. The summed E-state index contributed by atoms with van der Waals surface area (Å²) in [7, 11) is 0. The number of nitrogens with one attached hydrogen (secondary N) is 1. The lowest BCUT2D eigenvalue weighted by atomic mass is 9.88. The van der Waals surface area contributed by atoms with Crippen molar-refractivity contribution in [2.75, 3.05) is 42.5 Å². The van der Waals surface area contributed by atoms with Crippen LogP contribution in [0, 0.1) is 5.41 Å². The third-order valence-electron chi connectivity index (χ3n) is 5.22. The molecule has 0 spiro atoms. The number of ketones is 1. The van der Waals surface area contributed by atoms with Crippen molar-refractivity contribution in [1.29, 1.82) is 0 Å². The molecule has 0 unspecified atom stereocenters. The van der Waals surface area contributed by atoms with Crippen LogP contribution in [0.4, 0.5) is 11.9 Å². The number of hydrogen-bond donors (Lipinski definition) is 1. The molecule has 4 rings (SSSR count). The van der Waals surface area contributed by atoms with E-state index >= 15 is 0 Å². The maximum absolute atomic E-state index is 12.3. The van der Waals surface area contributed by atoms with E-state index in [-0.39, 0.29) is 5.78 Å². The van der Waals surface area contributed by atoms with Crippen LogP contribution in [0.2, 0.25) is 0 Å². The molecule has 1 N–H and O–H groups in total. The highest BCUT2D eigenvalue weighted by Gasteiger charge is 2.25. The van der Waals surface area contributed by atoms with Crippen molar-refractivity contribution in [2.24, 2.45) is 5.41 Å². The minimum absolute atomic E-state index is 0.0589. The van der Waals surface area contributed by atoms with Crippen LogP contribution in [0.25, 0.3) is 0 Å². The number of piperazine rings is 1. The molecular weight excluding hydrogens is 354 g/mol. The zero-order valence-corrected chi connectivity index (χ0v) is 16.8. The van der Waals surface area contributed by atoms with Crippen LogP contribution in [0.1, 0.15) is 42.4 Å². The quantitative estimate of drug-likeness (QED) is 0.800. The highest BCUT2D eigenvalue weighted by molar-refractivity contribution is 5.99. The zero-order valence-electron chi connectivity index (χ0n) is 16.8. The van der Waals surface area contributed by atoms with Gasteiger partial charge in [0.2, 0.25) is 11.9 Å². The van der Waals surface area contributed by atoms with Gasteiger partial charge in [-0.1, -0.05) is 20.8 Å². The van der Waals surface area contributed by atoms with E-state index in [1.165, 1.54) is 5.56 Å². The molecule has 0 atom stereocenters. The number of Topliss-reactive ketones (excluding diaryl/α,β-unsaturated/α-hetero) is 1. The van der Waals surface area contributed by atoms with Crippen molar-refractivity contribution in [1.82, 2.24) is 25.3 Å². The monoisotopic (exact) mass is 381 g/mol. The highest BCUT2D eigenvalue weighted by Crippen LogP contribution is 2.21. The number of anilines is 2. The maximum atomic E-state index is 12.3. The summed E-state index contributed by atoms with van der Waals surface area (Å²) < 4.78 is 0. The molecule has 1 saturated heterocycles. The summed E-state index contributed by atoms with van der Waals surface area (Å²) in [5.74, 6) is 1.54. The van der Waals surface area contributed by atoms with Crippen molar-refractivity contribution in [3.05, 3.63) is 35.4 Å². The van der Waals surface area contributed by atoms with Crippen LogP contribution in [0.3, 0.4) is 0 Å². The lowest BCUT2D eigenvalue weighted by molar-refractivity contribution is 0.0857. The van der Waals surface area contributed by atoms with Gasteiger partial charge >= 0.3 is 0 Å². The highest BCUT2D eigenvalue weighted by atomic mass is 16.1. The average Bonchev–Trinajstić information content (AvgIpc) is 2.72. The van der Waals surface area contributed by atoms with Crippen LogP contribution in [0.5, 0.6) is 0 Å². The predicted molar refractivity (Wildman–Crippen MR) is 108 cm³/mol. The molecule has 0 aromatic carbocycles. The van der Waals surface area contributed by atoms with Crippen molar-refractivity contribution in [2.45, 2.75) is 33.7 Å². The molecule has 0 amide bonds. The summed E-state index contributed by atoms with van der Waals surface area (Å²) in [5.41, 5.74) is 2.49. The second-order valence-electron chi connectivity index (χ2n) is 8.39. The molecule has 4 heterocycles. The Morgan fingerprint density at radius 1 is 0.964 bits per heavy atom.